The van der Waals surface area contributed by atoms with Gasteiger partial charge in [0.25, 0.3) is 0 Å². The summed E-state index contributed by atoms with van der Waals surface area (Å²) < 4.78 is 36.3. The van der Waals surface area contributed by atoms with Crippen LogP contribution in [-0.2, 0) is 15.1 Å². The molecule has 0 aliphatic heterocycles. The second kappa shape index (κ2) is 6.75. The number of amides is 1. The minimum atomic E-state index is -4.50. The molecule has 1 unspecified atom stereocenters. The molecule has 0 radical (unpaired) electrons. The highest BCUT2D eigenvalue weighted by Crippen LogP contribution is 2.29. The molecule has 1 rings (SSSR count). The highest BCUT2D eigenvalue weighted by atomic mass is 35.5. The van der Waals surface area contributed by atoms with E-state index in [4.69, 9.17) is 23.2 Å². The van der Waals surface area contributed by atoms with Crippen LogP contribution in [0.3, 0.4) is 0 Å². The van der Waals surface area contributed by atoms with Crippen molar-refractivity contribution in [1.29, 1.82) is 0 Å². The average Bonchev–Trinajstić information content (AvgIpc) is 2.38. The molecule has 4 nitrogen and oxygen atoms in total. The van der Waals surface area contributed by atoms with Crippen molar-refractivity contribution in [3.05, 3.63) is 33.8 Å². The van der Waals surface area contributed by atoms with Crippen molar-refractivity contribution in [3.63, 3.8) is 0 Å². The fourth-order valence-electron chi connectivity index (χ4n) is 1.65. The molecular formula is C13H12Cl2F3NO3. The van der Waals surface area contributed by atoms with Gasteiger partial charge in [-0.25, -0.2) is 4.79 Å². The lowest BCUT2D eigenvalue weighted by Crippen LogP contribution is -2.49. The third-order valence-electron chi connectivity index (χ3n) is 2.95. The second-order valence-corrected chi connectivity index (χ2v) is 5.54. The van der Waals surface area contributed by atoms with Crippen LogP contribution >= 0.6 is 23.2 Å². The van der Waals surface area contributed by atoms with Crippen LogP contribution in [0.25, 0.3) is 0 Å². The van der Waals surface area contributed by atoms with Crippen LogP contribution in [0.15, 0.2) is 18.2 Å². The molecule has 0 aromatic heterocycles. The molecule has 1 aromatic rings. The Balaban J connectivity index is 2.99. The first-order valence-corrected chi connectivity index (χ1v) is 6.78. The van der Waals surface area contributed by atoms with Crippen molar-refractivity contribution in [2.75, 3.05) is 0 Å². The van der Waals surface area contributed by atoms with Crippen molar-refractivity contribution in [3.8, 4) is 0 Å². The van der Waals surface area contributed by atoms with Crippen LogP contribution in [-0.4, -0.2) is 23.2 Å². The molecule has 22 heavy (non-hydrogen) atoms. The number of hydrogen-bond acceptors (Lipinski definition) is 2. The predicted molar refractivity (Wildman–Crippen MR) is 74.9 cm³/mol. The van der Waals surface area contributed by atoms with Crippen molar-refractivity contribution in [2.45, 2.75) is 31.5 Å². The molecular weight excluding hydrogens is 346 g/mol. The monoisotopic (exact) mass is 357 g/mol. The summed E-state index contributed by atoms with van der Waals surface area (Å²) in [6.07, 6.45) is -6.70. The molecule has 0 spiro atoms. The number of aliphatic carboxylic acids is 1. The van der Waals surface area contributed by atoms with Gasteiger partial charge in [-0.15, -0.1) is 0 Å². The topological polar surface area (TPSA) is 66.4 Å². The van der Waals surface area contributed by atoms with Crippen LogP contribution in [0.1, 0.15) is 25.3 Å². The van der Waals surface area contributed by atoms with Crippen molar-refractivity contribution in [2.24, 2.45) is 0 Å². The van der Waals surface area contributed by atoms with E-state index in [2.05, 4.69) is 5.32 Å². The number of alkyl halides is 3. The molecule has 0 aliphatic carbocycles. The highest BCUT2D eigenvalue weighted by molar-refractivity contribution is 6.42. The molecule has 0 saturated carbocycles. The number of hydrogen-bond donors (Lipinski definition) is 2. The molecule has 1 atom stereocenters. The zero-order valence-corrected chi connectivity index (χ0v) is 12.8. The predicted octanol–water partition coefficient (Wildman–Crippen LogP) is 3.75. The van der Waals surface area contributed by atoms with E-state index in [-0.39, 0.29) is 15.6 Å². The molecule has 0 saturated heterocycles. The molecule has 0 heterocycles. The average molecular weight is 358 g/mol. The van der Waals surface area contributed by atoms with Crippen LogP contribution in [0, 0.1) is 0 Å². The quantitative estimate of drug-likeness (QED) is 0.843. The molecule has 0 aliphatic rings. The Labute approximate surface area is 134 Å². The van der Waals surface area contributed by atoms with Gasteiger partial charge in [0.15, 0.2) is 5.54 Å². The van der Waals surface area contributed by atoms with Crippen molar-refractivity contribution in [1.82, 2.24) is 5.32 Å². The van der Waals surface area contributed by atoms with Gasteiger partial charge in [0, 0.05) is 6.42 Å². The van der Waals surface area contributed by atoms with E-state index in [1.165, 1.54) is 18.2 Å². The number of benzene rings is 1. The summed E-state index contributed by atoms with van der Waals surface area (Å²) in [6, 6.07) is 3.90. The number of carboxylic acid groups (broad SMARTS) is 1. The Morgan fingerprint density at radius 3 is 2.27 bits per heavy atom. The van der Waals surface area contributed by atoms with Gasteiger partial charge in [-0.1, -0.05) is 29.3 Å². The highest BCUT2D eigenvalue weighted by Gasteiger charge is 2.38. The third-order valence-corrected chi connectivity index (χ3v) is 3.69. The summed E-state index contributed by atoms with van der Waals surface area (Å²) in [7, 11) is 0. The Morgan fingerprint density at radius 1 is 1.23 bits per heavy atom. The number of carbonyl (C=O) groups excluding carboxylic acids is 1. The number of carbonyl (C=O) groups is 2. The maximum Gasteiger partial charge on any atom is 0.389 e. The first-order valence-electron chi connectivity index (χ1n) is 6.02. The van der Waals surface area contributed by atoms with E-state index in [0.29, 0.717) is 0 Å². The fraction of sp³-hybridized carbons (Fsp3) is 0.385. The summed E-state index contributed by atoms with van der Waals surface area (Å²) in [5, 5.41) is 11.6. The first-order chi connectivity index (χ1) is 9.95. The second-order valence-electron chi connectivity index (χ2n) is 4.72. The lowest BCUT2D eigenvalue weighted by atomic mass is 9.91. The van der Waals surface area contributed by atoms with E-state index in [9.17, 15) is 27.9 Å². The van der Waals surface area contributed by atoms with Gasteiger partial charge in [-0.2, -0.15) is 13.2 Å². The third kappa shape index (κ3) is 4.78. The zero-order chi connectivity index (χ0) is 17.1. The van der Waals surface area contributed by atoms with E-state index in [1.807, 2.05) is 0 Å². The van der Waals surface area contributed by atoms with E-state index in [1.54, 1.807) is 0 Å². The number of carboxylic acids is 1. The Bertz CT molecular complexity index is 592. The minimum Gasteiger partial charge on any atom is -0.479 e. The van der Waals surface area contributed by atoms with Gasteiger partial charge >= 0.3 is 12.1 Å². The van der Waals surface area contributed by atoms with Gasteiger partial charge in [0.2, 0.25) is 5.91 Å². The largest absolute Gasteiger partial charge is 0.479 e. The summed E-state index contributed by atoms with van der Waals surface area (Å²) in [4.78, 5) is 23.0. The summed E-state index contributed by atoms with van der Waals surface area (Å²) in [6.45, 7) is 1.15. The molecule has 1 aromatic carbocycles. The van der Waals surface area contributed by atoms with Crippen molar-refractivity contribution >= 4 is 35.1 Å². The zero-order valence-electron chi connectivity index (χ0n) is 11.3. The number of halogens is 5. The van der Waals surface area contributed by atoms with Crippen LogP contribution < -0.4 is 5.32 Å². The SMILES string of the molecule is CC(NC(=O)CCC(F)(F)F)(C(=O)O)c1ccc(Cl)c(Cl)c1. The summed E-state index contributed by atoms with van der Waals surface area (Å²) >= 11 is 11.5. The Kier molecular flexibility index (Phi) is 5.70. The standard InChI is InChI=1S/C13H12Cl2F3NO3/c1-12(11(21)22,7-2-3-8(14)9(15)6-7)19-10(20)4-5-13(16,17)18/h2-3,6H,4-5H2,1H3,(H,19,20)(H,21,22). The minimum absolute atomic E-state index is 0.0659. The number of nitrogens with one attached hydrogen (secondary N) is 1. The molecule has 122 valence electrons. The van der Waals surface area contributed by atoms with Crippen LogP contribution in [0.4, 0.5) is 13.2 Å². The van der Waals surface area contributed by atoms with Gasteiger partial charge in [-0.05, 0) is 24.6 Å². The lowest BCUT2D eigenvalue weighted by molar-refractivity contribution is -0.150. The van der Waals surface area contributed by atoms with Gasteiger partial charge in [0.1, 0.15) is 0 Å². The van der Waals surface area contributed by atoms with Crippen molar-refractivity contribution < 1.29 is 27.9 Å². The Hall–Kier alpha value is -1.47. The van der Waals surface area contributed by atoms with Crippen LogP contribution in [0.2, 0.25) is 10.0 Å². The maximum atomic E-state index is 12.1. The van der Waals surface area contributed by atoms with Gasteiger partial charge in [-0.3, -0.25) is 4.79 Å². The van der Waals surface area contributed by atoms with E-state index < -0.39 is 36.4 Å². The molecule has 0 fully saturated rings. The number of rotatable bonds is 5. The molecule has 9 heteroatoms. The maximum absolute atomic E-state index is 12.1. The van der Waals surface area contributed by atoms with Gasteiger partial charge in [0.05, 0.1) is 16.5 Å². The smallest absolute Gasteiger partial charge is 0.389 e. The van der Waals surface area contributed by atoms with Gasteiger partial charge < -0.3 is 10.4 Å². The normalized spacial score (nSPS) is 14.3. The molecule has 0 bridgehead atoms. The van der Waals surface area contributed by atoms with E-state index in [0.717, 1.165) is 6.92 Å². The molecule has 1 amide bonds. The Morgan fingerprint density at radius 2 is 1.82 bits per heavy atom. The summed E-state index contributed by atoms with van der Waals surface area (Å²) in [5.41, 5.74) is -1.83. The fourth-order valence-corrected chi connectivity index (χ4v) is 1.95. The lowest BCUT2D eigenvalue weighted by Gasteiger charge is -2.27. The summed E-state index contributed by atoms with van der Waals surface area (Å²) in [5.74, 6) is -2.47. The van der Waals surface area contributed by atoms with E-state index >= 15 is 0 Å². The molecule has 2 N–H and O–H groups in total. The first kappa shape index (κ1) is 18.6. The van der Waals surface area contributed by atoms with Crippen LogP contribution in [0.5, 0.6) is 0 Å².